The van der Waals surface area contributed by atoms with Crippen molar-refractivity contribution < 1.29 is 4.79 Å². The number of hydrogen-bond acceptors (Lipinski definition) is 3. The largest absolute Gasteiger partial charge is 0.357 e. The fraction of sp³-hybridized carbons (Fsp3) is 0.667. The predicted octanol–water partition coefficient (Wildman–Crippen LogP) is -1.84. The molecule has 5 N–H and O–H groups in total. The number of carbonyl (C=O) groups excluding carboxylic acids is 1. The Morgan fingerprint density at radius 2 is 2.17 bits per heavy atom. The average molecular weight is 173 g/mol. The lowest BCUT2D eigenvalue weighted by atomic mass is 10.3. The van der Waals surface area contributed by atoms with Crippen molar-refractivity contribution in [3.8, 4) is 0 Å². The van der Waals surface area contributed by atoms with Gasteiger partial charge in [0.2, 0.25) is 11.9 Å². The lowest BCUT2D eigenvalue weighted by Crippen LogP contribution is -2.50. The van der Waals surface area contributed by atoms with Gasteiger partial charge in [-0.15, -0.1) is 0 Å². The van der Waals surface area contributed by atoms with E-state index in [0.717, 1.165) is 0 Å². The number of nitrogens with one attached hydrogen (secondary N) is 3. The number of guanidine groups is 1. The van der Waals surface area contributed by atoms with Crippen LogP contribution in [0.25, 0.3) is 0 Å². The summed E-state index contributed by atoms with van der Waals surface area (Å²) in [6.45, 7) is 1.71. The molecule has 6 nitrogen and oxygen atoms in total. The van der Waals surface area contributed by atoms with Crippen molar-refractivity contribution >= 4 is 11.9 Å². The molecule has 0 aliphatic rings. The van der Waals surface area contributed by atoms with E-state index in [9.17, 15) is 4.79 Å². The van der Waals surface area contributed by atoms with Crippen molar-refractivity contribution in [3.05, 3.63) is 0 Å². The van der Waals surface area contributed by atoms with Gasteiger partial charge in [-0.3, -0.25) is 15.2 Å². The topological polar surface area (TPSA) is 91.5 Å². The highest BCUT2D eigenvalue weighted by Crippen LogP contribution is 1.79. The zero-order valence-corrected chi connectivity index (χ0v) is 7.51. The molecule has 1 atom stereocenters. The monoisotopic (exact) mass is 173 g/mol. The molecule has 0 aliphatic carbocycles. The summed E-state index contributed by atoms with van der Waals surface area (Å²) < 4.78 is 0. The third-order valence-electron chi connectivity index (χ3n) is 1.35. The zero-order valence-electron chi connectivity index (χ0n) is 7.51. The molecule has 0 spiro atoms. The van der Waals surface area contributed by atoms with Crippen LogP contribution in [0.4, 0.5) is 0 Å². The summed E-state index contributed by atoms with van der Waals surface area (Å²) in [5.74, 6) is 5.36. The lowest BCUT2D eigenvalue weighted by molar-refractivity contribution is -0.121. The molecule has 1 unspecified atom stereocenters. The highest BCUT2D eigenvalue weighted by molar-refractivity contribution is 5.88. The minimum Gasteiger partial charge on any atom is -0.357 e. The summed E-state index contributed by atoms with van der Waals surface area (Å²) >= 11 is 0. The predicted molar refractivity (Wildman–Crippen MR) is 47.3 cm³/mol. The van der Waals surface area contributed by atoms with Gasteiger partial charge in [0.05, 0.1) is 0 Å². The molecule has 6 heteroatoms. The number of likely N-dealkylation sites (N-methyl/N-ethyl adjacent to an activating group) is 1. The smallest absolute Gasteiger partial charge is 0.242 e. The maximum Gasteiger partial charge on any atom is 0.242 e. The van der Waals surface area contributed by atoms with Gasteiger partial charge in [-0.05, 0) is 6.92 Å². The van der Waals surface area contributed by atoms with Crippen LogP contribution >= 0.6 is 0 Å². The minimum atomic E-state index is -0.357. The second-order valence-corrected chi connectivity index (χ2v) is 2.20. The number of carbonyl (C=O) groups is 1. The highest BCUT2D eigenvalue weighted by Gasteiger charge is 2.10. The summed E-state index contributed by atoms with van der Waals surface area (Å²) in [4.78, 5) is 14.7. The van der Waals surface area contributed by atoms with Crippen LogP contribution in [0.2, 0.25) is 0 Å². The Morgan fingerprint density at radius 1 is 1.58 bits per heavy atom. The quantitative estimate of drug-likeness (QED) is 0.171. The first-order valence-corrected chi connectivity index (χ1v) is 3.57. The zero-order chi connectivity index (χ0) is 9.56. The van der Waals surface area contributed by atoms with Gasteiger partial charge in [-0.1, -0.05) is 0 Å². The van der Waals surface area contributed by atoms with Gasteiger partial charge in [-0.25, -0.2) is 5.84 Å². The summed E-state index contributed by atoms with van der Waals surface area (Å²) in [6.07, 6.45) is 0. The Labute approximate surface area is 71.6 Å². The average Bonchev–Trinajstić information content (AvgIpc) is 2.12. The van der Waals surface area contributed by atoms with Crippen LogP contribution in [-0.2, 0) is 4.79 Å². The summed E-state index contributed by atoms with van der Waals surface area (Å²) in [6, 6.07) is -0.357. The second-order valence-electron chi connectivity index (χ2n) is 2.20. The van der Waals surface area contributed by atoms with Crippen molar-refractivity contribution in [3.63, 3.8) is 0 Å². The molecule has 0 bridgehead atoms. The number of amides is 1. The van der Waals surface area contributed by atoms with Crippen LogP contribution in [0, 0.1) is 0 Å². The van der Waals surface area contributed by atoms with Crippen molar-refractivity contribution in [1.29, 1.82) is 0 Å². The Morgan fingerprint density at radius 3 is 2.50 bits per heavy atom. The molecular weight excluding hydrogens is 158 g/mol. The number of aliphatic imine (C=N–C) groups is 1. The van der Waals surface area contributed by atoms with Gasteiger partial charge >= 0.3 is 0 Å². The number of nitrogens with zero attached hydrogens (tertiary/aromatic N) is 1. The van der Waals surface area contributed by atoms with Crippen molar-refractivity contribution in [1.82, 2.24) is 16.1 Å². The maximum atomic E-state index is 11.0. The number of nitrogens with two attached hydrogens (primary N) is 1. The molecule has 0 heterocycles. The molecule has 0 aromatic rings. The van der Waals surface area contributed by atoms with Gasteiger partial charge in [0.25, 0.3) is 0 Å². The van der Waals surface area contributed by atoms with Crippen LogP contribution in [-0.4, -0.2) is 32.0 Å². The van der Waals surface area contributed by atoms with E-state index in [-0.39, 0.29) is 11.9 Å². The van der Waals surface area contributed by atoms with E-state index in [1.165, 1.54) is 0 Å². The Kier molecular flexibility index (Phi) is 4.78. The molecule has 0 saturated carbocycles. The van der Waals surface area contributed by atoms with Gasteiger partial charge < -0.3 is 10.6 Å². The van der Waals surface area contributed by atoms with E-state index in [1.807, 2.05) is 0 Å². The molecule has 0 fully saturated rings. The van der Waals surface area contributed by atoms with E-state index >= 15 is 0 Å². The molecule has 12 heavy (non-hydrogen) atoms. The first kappa shape index (κ1) is 10.7. The van der Waals surface area contributed by atoms with E-state index in [0.29, 0.717) is 5.96 Å². The minimum absolute atomic E-state index is 0.119. The lowest BCUT2D eigenvalue weighted by Gasteiger charge is -2.14. The maximum absolute atomic E-state index is 11.0. The van der Waals surface area contributed by atoms with E-state index < -0.39 is 0 Å². The first-order valence-electron chi connectivity index (χ1n) is 3.57. The van der Waals surface area contributed by atoms with Crippen molar-refractivity contribution in [2.75, 3.05) is 14.1 Å². The Bertz CT molecular complexity index is 179. The van der Waals surface area contributed by atoms with Crippen LogP contribution in [0.5, 0.6) is 0 Å². The normalized spacial score (nSPS) is 13.5. The molecule has 70 valence electrons. The summed E-state index contributed by atoms with van der Waals surface area (Å²) in [7, 11) is 3.14. The molecule has 1 amide bonds. The van der Waals surface area contributed by atoms with Crippen molar-refractivity contribution in [2.45, 2.75) is 13.0 Å². The molecule has 0 rings (SSSR count). The molecule has 0 saturated heterocycles. The van der Waals surface area contributed by atoms with E-state index in [4.69, 9.17) is 5.84 Å². The third kappa shape index (κ3) is 3.20. The standard InChI is InChI=1S/C6H15N5O/c1-4(5(12)8-2)10-6(9-3)11-7/h4H,7H2,1-3H3,(H,8,12)(H2,9,10,11). The van der Waals surface area contributed by atoms with E-state index in [1.54, 1.807) is 21.0 Å². The molecule has 0 radical (unpaired) electrons. The van der Waals surface area contributed by atoms with Gasteiger partial charge in [0.1, 0.15) is 6.04 Å². The van der Waals surface area contributed by atoms with Crippen LogP contribution in [0.3, 0.4) is 0 Å². The van der Waals surface area contributed by atoms with Crippen molar-refractivity contribution in [2.24, 2.45) is 10.8 Å². The van der Waals surface area contributed by atoms with Crippen LogP contribution in [0.15, 0.2) is 4.99 Å². The van der Waals surface area contributed by atoms with E-state index in [2.05, 4.69) is 21.1 Å². The number of hydrazine groups is 1. The van der Waals surface area contributed by atoms with Gasteiger partial charge in [-0.2, -0.15) is 0 Å². The highest BCUT2D eigenvalue weighted by atomic mass is 16.2. The van der Waals surface area contributed by atoms with Gasteiger partial charge in [0, 0.05) is 14.1 Å². The SMILES string of the molecule is CN=C(NN)NC(C)C(=O)NC. The first-order chi connectivity index (χ1) is 5.65. The Balaban J connectivity index is 3.98. The third-order valence-corrected chi connectivity index (χ3v) is 1.35. The number of rotatable bonds is 2. The summed E-state index contributed by atoms with van der Waals surface area (Å²) in [5, 5.41) is 5.26. The summed E-state index contributed by atoms with van der Waals surface area (Å²) in [5.41, 5.74) is 2.32. The van der Waals surface area contributed by atoms with Gasteiger partial charge in [0.15, 0.2) is 0 Å². The fourth-order valence-corrected chi connectivity index (χ4v) is 0.658. The number of hydrogen-bond donors (Lipinski definition) is 4. The second kappa shape index (κ2) is 5.36. The molecular formula is C6H15N5O. The van der Waals surface area contributed by atoms with Crippen LogP contribution < -0.4 is 21.9 Å². The Hall–Kier alpha value is -1.30. The fourth-order valence-electron chi connectivity index (χ4n) is 0.658. The molecule has 0 aromatic carbocycles. The molecule has 0 aromatic heterocycles. The molecule has 0 aliphatic heterocycles. The van der Waals surface area contributed by atoms with Crippen LogP contribution in [0.1, 0.15) is 6.92 Å².